The Morgan fingerprint density at radius 2 is 2.29 bits per heavy atom. The summed E-state index contributed by atoms with van der Waals surface area (Å²) in [5.74, 6) is 0.744. The zero-order chi connectivity index (χ0) is 15.8. The van der Waals surface area contributed by atoms with E-state index in [2.05, 4.69) is 10.3 Å². The van der Waals surface area contributed by atoms with Crippen molar-refractivity contribution in [2.24, 2.45) is 0 Å². The molecule has 1 heterocycles. The van der Waals surface area contributed by atoms with Gasteiger partial charge in [-0.3, -0.25) is 4.79 Å². The smallest absolute Gasteiger partial charge is 0.257 e. The molecule has 0 aliphatic rings. The van der Waals surface area contributed by atoms with Crippen molar-refractivity contribution < 1.29 is 9.18 Å². The van der Waals surface area contributed by atoms with Gasteiger partial charge in [0.25, 0.3) is 5.91 Å². The minimum Gasteiger partial charge on any atom is -0.369 e. The third-order valence-corrected chi connectivity index (χ3v) is 3.99. The summed E-state index contributed by atoms with van der Waals surface area (Å²) in [6.45, 7) is 4.72. The quantitative estimate of drug-likeness (QED) is 0.800. The van der Waals surface area contributed by atoms with Gasteiger partial charge in [0.05, 0.1) is 11.8 Å². The Kier molecular flexibility index (Phi) is 7.50. The van der Waals surface area contributed by atoms with Gasteiger partial charge in [0.1, 0.15) is 11.6 Å². The van der Waals surface area contributed by atoms with E-state index in [-0.39, 0.29) is 11.9 Å². The second-order valence-electron chi connectivity index (χ2n) is 5.02. The first kappa shape index (κ1) is 17.8. The third-order valence-electron chi connectivity index (χ3n) is 3.35. The molecule has 4 nitrogen and oxygen atoms in total. The van der Waals surface area contributed by atoms with Gasteiger partial charge in [-0.05, 0) is 37.8 Å². The van der Waals surface area contributed by atoms with Crippen molar-refractivity contribution in [3.05, 3.63) is 23.6 Å². The molecule has 0 bridgehead atoms. The van der Waals surface area contributed by atoms with Gasteiger partial charge in [-0.1, -0.05) is 6.92 Å². The van der Waals surface area contributed by atoms with E-state index in [9.17, 15) is 9.18 Å². The Balaban J connectivity index is 2.91. The number of hydrogen-bond acceptors (Lipinski definition) is 4. The molecular formula is C15H24FN3OS. The molecule has 1 atom stereocenters. The number of thioether (sulfide) groups is 1. The number of carbonyl (C=O) groups is 1. The zero-order valence-corrected chi connectivity index (χ0v) is 14.0. The molecule has 1 N–H and O–H groups in total. The first-order chi connectivity index (χ1) is 10.0. The average molecular weight is 313 g/mol. The van der Waals surface area contributed by atoms with Crippen molar-refractivity contribution in [2.45, 2.75) is 32.7 Å². The number of nitrogens with zero attached hydrogens (tertiary/aromatic N) is 2. The minimum absolute atomic E-state index is 0.104. The SMILES string of the molecule is CCCNc1ncc(F)cc1C(=O)N(C)C(C)CCSC. The summed E-state index contributed by atoms with van der Waals surface area (Å²) in [4.78, 5) is 18.2. The number of aromatic nitrogens is 1. The first-order valence-electron chi connectivity index (χ1n) is 7.16. The van der Waals surface area contributed by atoms with Crippen molar-refractivity contribution in [3.63, 3.8) is 0 Å². The maximum atomic E-state index is 13.4. The maximum Gasteiger partial charge on any atom is 0.257 e. The number of anilines is 1. The predicted molar refractivity (Wildman–Crippen MR) is 87.5 cm³/mol. The molecule has 1 amide bonds. The van der Waals surface area contributed by atoms with Crippen molar-refractivity contribution >= 4 is 23.5 Å². The fraction of sp³-hybridized carbons (Fsp3) is 0.600. The molecule has 1 unspecified atom stereocenters. The fourth-order valence-corrected chi connectivity index (χ4v) is 2.44. The number of pyridine rings is 1. The molecule has 0 saturated carbocycles. The topological polar surface area (TPSA) is 45.2 Å². The molecule has 0 fully saturated rings. The second-order valence-corrected chi connectivity index (χ2v) is 6.01. The van der Waals surface area contributed by atoms with E-state index in [1.165, 1.54) is 6.07 Å². The number of amides is 1. The predicted octanol–water partition coefficient (Wildman–Crippen LogP) is 3.26. The first-order valence-corrected chi connectivity index (χ1v) is 8.56. The van der Waals surface area contributed by atoms with Crippen LogP contribution in [0.2, 0.25) is 0 Å². The van der Waals surface area contributed by atoms with Gasteiger partial charge in [-0.25, -0.2) is 9.37 Å². The van der Waals surface area contributed by atoms with Crippen LogP contribution >= 0.6 is 11.8 Å². The Labute approximate surface area is 130 Å². The average Bonchev–Trinajstić information content (AvgIpc) is 2.49. The summed E-state index contributed by atoms with van der Waals surface area (Å²) in [7, 11) is 1.75. The Morgan fingerprint density at radius 3 is 2.90 bits per heavy atom. The highest BCUT2D eigenvalue weighted by molar-refractivity contribution is 7.98. The van der Waals surface area contributed by atoms with Crippen LogP contribution in [0.5, 0.6) is 0 Å². The number of halogens is 1. The lowest BCUT2D eigenvalue weighted by atomic mass is 10.1. The van der Waals surface area contributed by atoms with Gasteiger partial charge in [0, 0.05) is 19.6 Å². The van der Waals surface area contributed by atoms with E-state index >= 15 is 0 Å². The zero-order valence-electron chi connectivity index (χ0n) is 13.1. The van der Waals surface area contributed by atoms with Crippen LogP contribution in [-0.2, 0) is 0 Å². The second kappa shape index (κ2) is 8.87. The molecule has 0 aliphatic heterocycles. The molecule has 0 aromatic carbocycles. The molecule has 1 aromatic rings. The van der Waals surface area contributed by atoms with Crippen molar-refractivity contribution in [3.8, 4) is 0 Å². The lowest BCUT2D eigenvalue weighted by Crippen LogP contribution is -2.36. The number of rotatable bonds is 8. The summed E-state index contributed by atoms with van der Waals surface area (Å²) in [6.07, 6.45) is 4.99. The molecule has 1 aromatic heterocycles. The molecule has 118 valence electrons. The maximum absolute atomic E-state index is 13.4. The van der Waals surface area contributed by atoms with Crippen molar-refractivity contribution in [2.75, 3.05) is 30.9 Å². The molecule has 0 saturated heterocycles. The largest absolute Gasteiger partial charge is 0.369 e. The van der Waals surface area contributed by atoms with Crippen LogP contribution in [0.3, 0.4) is 0 Å². The van der Waals surface area contributed by atoms with Gasteiger partial charge < -0.3 is 10.2 Å². The standard InChI is InChI=1S/C15H24FN3OS/c1-5-7-17-14-13(9-12(16)10-18-14)15(20)19(3)11(2)6-8-21-4/h9-11H,5-8H2,1-4H3,(H,17,18). The van der Waals surface area contributed by atoms with Crippen LogP contribution in [0.15, 0.2) is 12.3 Å². The van der Waals surface area contributed by atoms with Crippen molar-refractivity contribution in [1.82, 2.24) is 9.88 Å². The van der Waals surface area contributed by atoms with Crippen LogP contribution in [0, 0.1) is 5.82 Å². The van der Waals surface area contributed by atoms with Crippen LogP contribution in [0.1, 0.15) is 37.0 Å². The summed E-state index contributed by atoms with van der Waals surface area (Å²) in [5.41, 5.74) is 0.293. The van der Waals surface area contributed by atoms with Gasteiger partial charge in [0.15, 0.2) is 0 Å². The van der Waals surface area contributed by atoms with E-state index in [1.54, 1.807) is 23.7 Å². The highest BCUT2D eigenvalue weighted by Gasteiger charge is 2.21. The monoisotopic (exact) mass is 313 g/mol. The van der Waals surface area contributed by atoms with Crippen LogP contribution in [-0.4, -0.2) is 47.4 Å². The fourth-order valence-electron chi connectivity index (χ4n) is 1.86. The number of hydrogen-bond donors (Lipinski definition) is 1. The lowest BCUT2D eigenvalue weighted by molar-refractivity contribution is 0.0741. The van der Waals surface area contributed by atoms with E-state index in [0.29, 0.717) is 17.9 Å². The van der Waals surface area contributed by atoms with Gasteiger partial charge in [0.2, 0.25) is 0 Å². The van der Waals surface area contributed by atoms with Gasteiger partial charge in [-0.2, -0.15) is 11.8 Å². The Bertz CT molecular complexity index is 470. The van der Waals surface area contributed by atoms with Gasteiger partial charge in [-0.15, -0.1) is 0 Å². The molecule has 1 rings (SSSR count). The van der Waals surface area contributed by atoms with Crippen LogP contribution < -0.4 is 5.32 Å². The Hall–Kier alpha value is -1.30. The van der Waals surface area contributed by atoms with Gasteiger partial charge >= 0.3 is 0 Å². The van der Waals surface area contributed by atoms with E-state index in [1.807, 2.05) is 20.1 Å². The molecular weight excluding hydrogens is 289 g/mol. The van der Waals surface area contributed by atoms with E-state index < -0.39 is 5.82 Å². The highest BCUT2D eigenvalue weighted by Crippen LogP contribution is 2.18. The summed E-state index contributed by atoms with van der Waals surface area (Å²) >= 11 is 1.75. The van der Waals surface area contributed by atoms with Crippen molar-refractivity contribution in [1.29, 1.82) is 0 Å². The molecule has 21 heavy (non-hydrogen) atoms. The van der Waals surface area contributed by atoms with Crippen LogP contribution in [0.25, 0.3) is 0 Å². The lowest BCUT2D eigenvalue weighted by Gasteiger charge is -2.25. The number of nitrogens with one attached hydrogen (secondary N) is 1. The van der Waals surface area contributed by atoms with E-state index in [0.717, 1.165) is 24.8 Å². The third kappa shape index (κ3) is 5.19. The Morgan fingerprint density at radius 1 is 1.57 bits per heavy atom. The molecule has 0 aliphatic carbocycles. The number of carbonyl (C=O) groups excluding carboxylic acids is 1. The normalized spacial score (nSPS) is 12.0. The molecule has 6 heteroatoms. The van der Waals surface area contributed by atoms with E-state index in [4.69, 9.17) is 0 Å². The summed E-state index contributed by atoms with van der Waals surface area (Å²) in [6, 6.07) is 1.36. The molecule has 0 spiro atoms. The highest BCUT2D eigenvalue weighted by atomic mass is 32.2. The van der Waals surface area contributed by atoms with Crippen LogP contribution in [0.4, 0.5) is 10.2 Å². The minimum atomic E-state index is -0.495. The summed E-state index contributed by atoms with van der Waals surface area (Å²) < 4.78 is 13.4. The molecule has 0 radical (unpaired) electrons. The summed E-state index contributed by atoms with van der Waals surface area (Å²) in [5, 5.41) is 3.08.